The van der Waals surface area contributed by atoms with Gasteiger partial charge in [0.25, 0.3) is 11.8 Å². The summed E-state index contributed by atoms with van der Waals surface area (Å²) in [4.78, 5) is 25.7. The number of hydrogen-bond acceptors (Lipinski definition) is 3. The van der Waals surface area contributed by atoms with Crippen LogP contribution < -0.4 is 4.90 Å². The summed E-state index contributed by atoms with van der Waals surface area (Å²) in [6.07, 6.45) is 0. The Morgan fingerprint density at radius 3 is 1.86 bits per heavy atom. The number of rotatable bonds is 1. The SMILES string of the molecule is N#Cc1cc(Cl)c(N2C(=O)c3ccccc3C2=O)c(Cl)c1. The first kappa shape index (κ1) is 13.6. The van der Waals surface area contributed by atoms with E-state index in [0.29, 0.717) is 11.1 Å². The van der Waals surface area contributed by atoms with Crippen molar-refractivity contribution < 1.29 is 9.59 Å². The third-order valence-corrected chi connectivity index (χ3v) is 3.74. The van der Waals surface area contributed by atoms with Crippen LogP contribution in [0, 0.1) is 11.3 Å². The summed E-state index contributed by atoms with van der Waals surface area (Å²) in [5.41, 5.74) is 0.965. The highest BCUT2D eigenvalue weighted by molar-refractivity contribution is 6.44. The number of halogens is 2. The number of amides is 2. The molecule has 1 aliphatic rings. The normalized spacial score (nSPS) is 13.3. The van der Waals surface area contributed by atoms with Gasteiger partial charge in [-0.1, -0.05) is 35.3 Å². The molecule has 2 aromatic carbocycles. The largest absolute Gasteiger partial charge is 0.268 e. The summed E-state index contributed by atoms with van der Waals surface area (Å²) in [5.74, 6) is -0.965. The van der Waals surface area contributed by atoms with Crippen molar-refractivity contribution in [3.8, 4) is 6.07 Å². The maximum atomic E-state index is 12.4. The Bertz CT molecular complexity index is 782. The summed E-state index contributed by atoms with van der Waals surface area (Å²) >= 11 is 12.2. The third-order valence-electron chi connectivity index (χ3n) is 3.16. The fourth-order valence-corrected chi connectivity index (χ4v) is 2.89. The van der Waals surface area contributed by atoms with Gasteiger partial charge in [0.15, 0.2) is 0 Å². The predicted octanol–water partition coefficient (Wildman–Crippen LogP) is 3.67. The first-order valence-electron chi connectivity index (χ1n) is 5.91. The lowest BCUT2D eigenvalue weighted by Crippen LogP contribution is -2.30. The number of fused-ring (bicyclic) bond motifs is 1. The average Bonchev–Trinajstić information content (AvgIpc) is 2.72. The van der Waals surface area contributed by atoms with E-state index in [2.05, 4.69) is 0 Å². The second kappa shape index (κ2) is 4.88. The molecule has 0 radical (unpaired) electrons. The lowest BCUT2D eigenvalue weighted by atomic mass is 10.1. The molecule has 1 heterocycles. The fraction of sp³-hybridized carbons (Fsp3) is 0. The van der Waals surface area contributed by atoms with Crippen LogP contribution in [0.5, 0.6) is 0 Å². The van der Waals surface area contributed by atoms with Crippen molar-refractivity contribution in [3.63, 3.8) is 0 Å². The summed E-state index contributed by atoms with van der Waals surface area (Å²) in [6.45, 7) is 0. The van der Waals surface area contributed by atoms with Crippen LogP contribution in [0.25, 0.3) is 0 Å². The van der Waals surface area contributed by atoms with Gasteiger partial charge in [-0.05, 0) is 24.3 Å². The molecular weight excluding hydrogens is 311 g/mol. The number of nitriles is 1. The van der Waals surface area contributed by atoms with Crippen molar-refractivity contribution in [1.82, 2.24) is 0 Å². The first-order chi connectivity index (χ1) is 10.0. The molecule has 0 atom stereocenters. The van der Waals surface area contributed by atoms with Crippen LogP contribution in [-0.4, -0.2) is 11.8 Å². The monoisotopic (exact) mass is 316 g/mol. The van der Waals surface area contributed by atoms with Gasteiger partial charge in [-0.3, -0.25) is 9.59 Å². The van der Waals surface area contributed by atoms with Gasteiger partial charge in [0.2, 0.25) is 0 Å². The molecule has 0 aromatic heterocycles. The minimum atomic E-state index is -0.482. The minimum Gasteiger partial charge on any atom is -0.268 e. The van der Waals surface area contributed by atoms with Crippen LogP contribution >= 0.6 is 23.2 Å². The predicted molar refractivity (Wildman–Crippen MR) is 78.8 cm³/mol. The minimum absolute atomic E-state index is 0.0774. The maximum absolute atomic E-state index is 12.4. The Morgan fingerprint density at radius 1 is 0.952 bits per heavy atom. The van der Waals surface area contributed by atoms with Crippen LogP contribution in [0.15, 0.2) is 36.4 Å². The number of benzene rings is 2. The standard InChI is InChI=1S/C15H6Cl2N2O2/c16-11-5-8(7-18)6-12(17)13(11)19-14(20)9-3-1-2-4-10(9)15(19)21/h1-6H. The Hall–Kier alpha value is -2.35. The number of carbonyl (C=O) groups excluding carboxylic acids is 2. The molecule has 3 rings (SSSR count). The smallest absolute Gasteiger partial charge is 0.266 e. The van der Waals surface area contributed by atoms with Crippen LogP contribution in [0.3, 0.4) is 0 Å². The van der Waals surface area contributed by atoms with Crippen LogP contribution in [0.2, 0.25) is 10.0 Å². The van der Waals surface area contributed by atoms with Gasteiger partial charge >= 0.3 is 0 Å². The summed E-state index contributed by atoms with van der Waals surface area (Å²) in [7, 11) is 0. The molecule has 102 valence electrons. The molecule has 6 heteroatoms. The van der Waals surface area contributed by atoms with Crippen molar-refractivity contribution in [2.24, 2.45) is 0 Å². The summed E-state index contributed by atoms with van der Waals surface area (Å²) in [5, 5.41) is 9.03. The van der Waals surface area contributed by atoms with Crippen molar-refractivity contribution in [1.29, 1.82) is 5.26 Å². The van der Waals surface area contributed by atoms with E-state index in [0.717, 1.165) is 4.90 Å². The summed E-state index contributed by atoms with van der Waals surface area (Å²) in [6, 6.07) is 11.1. The zero-order valence-corrected chi connectivity index (χ0v) is 11.9. The lowest BCUT2D eigenvalue weighted by molar-refractivity contribution is 0.0926. The molecule has 0 aliphatic carbocycles. The van der Waals surface area contributed by atoms with Crippen molar-refractivity contribution in [3.05, 3.63) is 63.1 Å². The van der Waals surface area contributed by atoms with Crippen molar-refractivity contribution in [2.45, 2.75) is 0 Å². The second-order valence-electron chi connectivity index (χ2n) is 4.39. The van der Waals surface area contributed by atoms with Crippen molar-refractivity contribution in [2.75, 3.05) is 4.90 Å². The lowest BCUT2D eigenvalue weighted by Gasteiger charge is -2.17. The van der Waals surface area contributed by atoms with Crippen LogP contribution in [0.1, 0.15) is 26.3 Å². The highest BCUT2D eigenvalue weighted by Gasteiger charge is 2.38. The Labute approximate surface area is 130 Å². The summed E-state index contributed by atoms with van der Waals surface area (Å²) < 4.78 is 0. The van der Waals surface area contributed by atoms with Gasteiger partial charge in [-0.2, -0.15) is 5.26 Å². The molecule has 0 N–H and O–H groups in total. The van der Waals surface area contributed by atoms with Gasteiger partial charge in [0.1, 0.15) is 0 Å². The van der Waals surface area contributed by atoms with E-state index in [4.69, 9.17) is 28.5 Å². The molecular formula is C15H6Cl2N2O2. The topological polar surface area (TPSA) is 61.2 Å². The molecule has 0 saturated carbocycles. The van der Waals surface area contributed by atoms with E-state index in [1.807, 2.05) is 6.07 Å². The Balaban J connectivity index is 2.19. The molecule has 0 fully saturated rings. The zero-order valence-electron chi connectivity index (χ0n) is 10.4. The van der Waals surface area contributed by atoms with Gasteiger partial charge in [0, 0.05) is 0 Å². The number of nitrogens with zero attached hydrogens (tertiary/aromatic N) is 2. The van der Waals surface area contributed by atoms with Gasteiger partial charge in [0.05, 0.1) is 38.5 Å². The van der Waals surface area contributed by atoms with E-state index in [-0.39, 0.29) is 21.3 Å². The first-order valence-corrected chi connectivity index (χ1v) is 6.67. The Morgan fingerprint density at radius 2 is 1.43 bits per heavy atom. The number of carbonyl (C=O) groups is 2. The van der Waals surface area contributed by atoms with E-state index < -0.39 is 11.8 Å². The van der Waals surface area contributed by atoms with E-state index in [1.165, 1.54) is 12.1 Å². The van der Waals surface area contributed by atoms with Crippen molar-refractivity contribution >= 4 is 40.7 Å². The number of hydrogen-bond donors (Lipinski definition) is 0. The highest BCUT2D eigenvalue weighted by atomic mass is 35.5. The molecule has 0 saturated heterocycles. The molecule has 0 unspecified atom stereocenters. The number of anilines is 1. The van der Waals surface area contributed by atoms with E-state index >= 15 is 0 Å². The van der Waals surface area contributed by atoms with Gasteiger partial charge in [-0.25, -0.2) is 4.90 Å². The third kappa shape index (κ3) is 1.99. The van der Waals surface area contributed by atoms with Gasteiger partial charge < -0.3 is 0 Å². The zero-order chi connectivity index (χ0) is 15.1. The van der Waals surface area contributed by atoms with E-state index in [1.54, 1.807) is 24.3 Å². The second-order valence-corrected chi connectivity index (χ2v) is 5.21. The molecule has 0 spiro atoms. The van der Waals surface area contributed by atoms with Crippen LogP contribution in [0.4, 0.5) is 5.69 Å². The maximum Gasteiger partial charge on any atom is 0.266 e. The Kier molecular flexibility index (Phi) is 3.17. The molecule has 1 aliphatic heterocycles. The molecule has 4 nitrogen and oxygen atoms in total. The van der Waals surface area contributed by atoms with E-state index in [9.17, 15) is 9.59 Å². The quantitative estimate of drug-likeness (QED) is 0.754. The van der Waals surface area contributed by atoms with Gasteiger partial charge in [-0.15, -0.1) is 0 Å². The highest BCUT2D eigenvalue weighted by Crippen LogP contribution is 2.39. The average molecular weight is 317 g/mol. The molecule has 2 aromatic rings. The fourth-order valence-electron chi connectivity index (χ4n) is 2.24. The number of imide groups is 1. The molecule has 0 bridgehead atoms. The molecule has 21 heavy (non-hydrogen) atoms. The van der Waals surface area contributed by atoms with Crippen LogP contribution in [-0.2, 0) is 0 Å². The molecule has 2 amide bonds.